The lowest BCUT2D eigenvalue weighted by Crippen LogP contribution is -2.11. The number of nitrogens with two attached hydrogens (primary N) is 1. The van der Waals surface area contributed by atoms with Crippen molar-refractivity contribution in [2.45, 2.75) is 20.4 Å². The number of carbonyl (C=O) groups excluding carboxylic acids is 1. The Hall–Kier alpha value is -2.34. The predicted molar refractivity (Wildman–Crippen MR) is 77.7 cm³/mol. The normalized spacial score (nSPS) is 10.6. The van der Waals surface area contributed by atoms with Crippen molar-refractivity contribution in [3.63, 3.8) is 0 Å². The fraction of sp³-hybridized carbons (Fsp3) is 0.214. The first kappa shape index (κ1) is 15.1. The fourth-order valence-electron chi connectivity index (χ4n) is 2.15. The molecule has 0 aliphatic carbocycles. The molecule has 1 aromatic carbocycles. The molecule has 110 valence electrons. The number of amides is 1. The van der Waals surface area contributed by atoms with Crippen LogP contribution in [0, 0.1) is 13.8 Å². The molecule has 1 aromatic heterocycles. The maximum absolute atomic E-state index is 11.2. The number of aromatic carboxylic acids is 1. The summed E-state index contributed by atoms with van der Waals surface area (Å²) in [6, 6.07) is 4.75. The highest BCUT2D eigenvalue weighted by atomic mass is 35.5. The molecular formula is C14H14ClN3O3. The SMILES string of the molecule is Cc1nn(Cc2ccc(C(N)=O)cc2Cl)c(C)c1C(=O)O. The van der Waals surface area contributed by atoms with E-state index in [-0.39, 0.29) is 5.56 Å². The van der Waals surface area contributed by atoms with Crippen molar-refractivity contribution in [1.29, 1.82) is 0 Å². The van der Waals surface area contributed by atoms with Gasteiger partial charge in [-0.1, -0.05) is 17.7 Å². The molecule has 7 heteroatoms. The van der Waals surface area contributed by atoms with Crippen LogP contribution in [0.15, 0.2) is 18.2 Å². The first-order valence-corrected chi connectivity index (χ1v) is 6.54. The van der Waals surface area contributed by atoms with Crippen LogP contribution < -0.4 is 5.73 Å². The number of primary amides is 1. The van der Waals surface area contributed by atoms with Gasteiger partial charge in [-0.25, -0.2) is 4.79 Å². The predicted octanol–water partition coefficient (Wildman–Crippen LogP) is 2.00. The number of halogens is 1. The number of rotatable bonds is 4. The molecule has 0 saturated heterocycles. The first-order valence-electron chi connectivity index (χ1n) is 6.16. The monoisotopic (exact) mass is 307 g/mol. The summed E-state index contributed by atoms with van der Waals surface area (Å²) in [5.41, 5.74) is 7.43. The molecule has 0 aliphatic heterocycles. The largest absolute Gasteiger partial charge is 0.478 e. The molecule has 0 radical (unpaired) electrons. The van der Waals surface area contributed by atoms with Crippen molar-refractivity contribution in [1.82, 2.24) is 9.78 Å². The highest BCUT2D eigenvalue weighted by Crippen LogP contribution is 2.21. The van der Waals surface area contributed by atoms with Crippen LogP contribution >= 0.6 is 11.6 Å². The van der Waals surface area contributed by atoms with Gasteiger partial charge < -0.3 is 10.8 Å². The lowest BCUT2D eigenvalue weighted by molar-refractivity contribution is 0.0695. The summed E-state index contributed by atoms with van der Waals surface area (Å²) in [5, 5.41) is 13.7. The zero-order chi connectivity index (χ0) is 15.7. The minimum absolute atomic E-state index is 0.194. The molecule has 0 aliphatic rings. The summed E-state index contributed by atoms with van der Waals surface area (Å²) in [6.07, 6.45) is 0. The van der Waals surface area contributed by atoms with Crippen LogP contribution in [0.5, 0.6) is 0 Å². The molecule has 0 fully saturated rings. The van der Waals surface area contributed by atoms with Crippen molar-refractivity contribution in [2.75, 3.05) is 0 Å². The van der Waals surface area contributed by atoms with E-state index in [1.807, 2.05) is 0 Å². The number of hydrogen-bond donors (Lipinski definition) is 2. The smallest absolute Gasteiger partial charge is 0.339 e. The van der Waals surface area contributed by atoms with Gasteiger partial charge in [-0.05, 0) is 31.5 Å². The summed E-state index contributed by atoms with van der Waals surface area (Å²) in [7, 11) is 0. The molecule has 6 nitrogen and oxygen atoms in total. The Morgan fingerprint density at radius 2 is 2.05 bits per heavy atom. The van der Waals surface area contributed by atoms with Gasteiger partial charge in [-0.2, -0.15) is 5.10 Å². The zero-order valence-corrected chi connectivity index (χ0v) is 12.3. The van der Waals surface area contributed by atoms with E-state index in [9.17, 15) is 9.59 Å². The van der Waals surface area contributed by atoms with Gasteiger partial charge in [-0.15, -0.1) is 0 Å². The zero-order valence-electron chi connectivity index (χ0n) is 11.6. The van der Waals surface area contributed by atoms with E-state index < -0.39 is 11.9 Å². The van der Waals surface area contributed by atoms with Crippen molar-refractivity contribution in [3.05, 3.63) is 51.3 Å². The van der Waals surface area contributed by atoms with Crippen molar-refractivity contribution < 1.29 is 14.7 Å². The summed E-state index contributed by atoms with van der Waals surface area (Å²) in [6.45, 7) is 3.65. The van der Waals surface area contributed by atoms with Gasteiger partial charge in [0, 0.05) is 10.6 Å². The van der Waals surface area contributed by atoms with E-state index in [4.69, 9.17) is 22.4 Å². The Kier molecular flexibility index (Phi) is 3.99. The number of nitrogens with zero attached hydrogens (tertiary/aromatic N) is 2. The molecule has 0 unspecified atom stereocenters. The highest BCUT2D eigenvalue weighted by Gasteiger charge is 2.18. The van der Waals surface area contributed by atoms with Gasteiger partial charge in [0.15, 0.2) is 0 Å². The number of aromatic nitrogens is 2. The standard InChI is InChI=1S/C14H14ClN3O3/c1-7-12(14(20)21)8(2)18(17-7)6-10-4-3-9(13(16)19)5-11(10)15/h3-5H,6H2,1-2H3,(H2,16,19)(H,20,21). The second-order valence-electron chi connectivity index (χ2n) is 4.68. The van der Waals surface area contributed by atoms with Gasteiger partial charge >= 0.3 is 5.97 Å². The summed E-state index contributed by atoms with van der Waals surface area (Å²) in [5.74, 6) is -1.56. The number of carboxylic acid groups (broad SMARTS) is 1. The van der Waals surface area contributed by atoms with Crippen molar-refractivity contribution in [3.8, 4) is 0 Å². The minimum Gasteiger partial charge on any atom is -0.478 e. The quantitative estimate of drug-likeness (QED) is 0.902. The number of aryl methyl sites for hydroxylation is 1. The van der Waals surface area contributed by atoms with Crippen LogP contribution in [0.3, 0.4) is 0 Å². The Bertz CT molecular complexity index is 737. The summed E-state index contributed by atoms with van der Waals surface area (Å²) >= 11 is 6.12. The topological polar surface area (TPSA) is 98.2 Å². The molecule has 0 atom stereocenters. The third-order valence-corrected chi connectivity index (χ3v) is 3.60. The van der Waals surface area contributed by atoms with Gasteiger partial charge in [0.1, 0.15) is 5.56 Å². The number of hydrogen-bond acceptors (Lipinski definition) is 3. The third-order valence-electron chi connectivity index (χ3n) is 3.25. The van der Waals surface area contributed by atoms with E-state index >= 15 is 0 Å². The van der Waals surface area contributed by atoms with E-state index in [0.29, 0.717) is 28.5 Å². The van der Waals surface area contributed by atoms with E-state index in [0.717, 1.165) is 5.56 Å². The van der Waals surface area contributed by atoms with Crippen molar-refractivity contribution >= 4 is 23.5 Å². The van der Waals surface area contributed by atoms with Crippen LogP contribution in [0.1, 0.15) is 37.7 Å². The fourth-order valence-corrected chi connectivity index (χ4v) is 2.39. The molecule has 0 bridgehead atoms. The Morgan fingerprint density at radius 3 is 2.52 bits per heavy atom. The average Bonchev–Trinajstić information content (AvgIpc) is 2.66. The van der Waals surface area contributed by atoms with Crippen LogP contribution in [-0.4, -0.2) is 26.8 Å². The first-order chi connectivity index (χ1) is 9.81. The highest BCUT2D eigenvalue weighted by molar-refractivity contribution is 6.31. The van der Waals surface area contributed by atoms with Crippen LogP contribution in [0.2, 0.25) is 5.02 Å². The number of carboxylic acids is 1. The summed E-state index contributed by atoms with van der Waals surface area (Å²) < 4.78 is 1.57. The maximum atomic E-state index is 11.2. The van der Waals surface area contributed by atoms with Crippen LogP contribution in [-0.2, 0) is 6.54 Å². The van der Waals surface area contributed by atoms with Crippen LogP contribution in [0.4, 0.5) is 0 Å². The van der Waals surface area contributed by atoms with E-state index in [2.05, 4.69) is 5.10 Å². The second-order valence-corrected chi connectivity index (χ2v) is 5.09. The van der Waals surface area contributed by atoms with Gasteiger partial charge in [0.05, 0.1) is 17.9 Å². The Balaban J connectivity index is 2.37. The number of benzene rings is 1. The lowest BCUT2D eigenvalue weighted by atomic mass is 10.1. The Morgan fingerprint density at radius 1 is 1.38 bits per heavy atom. The molecule has 0 saturated carbocycles. The average molecular weight is 308 g/mol. The lowest BCUT2D eigenvalue weighted by Gasteiger charge is -2.08. The number of carbonyl (C=O) groups is 2. The maximum Gasteiger partial charge on any atom is 0.339 e. The third kappa shape index (κ3) is 2.90. The van der Waals surface area contributed by atoms with E-state index in [1.165, 1.54) is 6.07 Å². The van der Waals surface area contributed by atoms with Crippen molar-refractivity contribution in [2.24, 2.45) is 5.73 Å². The molecule has 3 N–H and O–H groups in total. The van der Waals surface area contributed by atoms with Gasteiger partial charge in [0.2, 0.25) is 5.91 Å². The molecule has 1 heterocycles. The Labute approximate surface area is 126 Å². The molecular weight excluding hydrogens is 294 g/mol. The molecule has 0 spiro atoms. The van der Waals surface area contributed by atoms with Gasteiger partial charge in [-0.3, -0.25) is 9.48 Å². The molecule has 1 amide bonds. The minimum atomic E-state index is -1.01. The summed E-state index contributed by atoms with van der Waals surface area (Å²) in [4.78, 5) is 22.2. The second kappa shape index (κ2) is 5.57. The van der Waals surface area contributed by atoms with Gasteiger partial charge in [0.25, 0.3) is 0 Å². The molecule has 2 aromatic rings. The molecule has 2 rings (SSSR count). The molecule has 21 heavy (non-hydrogen) atoms. The van der Waals surface area contributed by atoms with Crippen LogP contribution in [0.25, 0.3) is 0 Å². The van der Waals surface area contributed by atoms with E-state index in [1.54, 1.807) is 30.7 Å².